The highest BCUT2D eigenvalue weighted by Gasteiger charge is 2.46. The summed E-state index contributed by atoms with van der Waals surface area (Å²) in [6.07, 6.45) is 16.4. The number of likely N-dealkylation sites (tertiary alicyclic amines) is 1. The summed E-state index contributed by atoms with van der Waals surface area (Å²) in [7, 11) is 1.79. The first-order valence-electron chi connectivity index (χ1n) is 15.5. The van der Waals surface area contributed by atoms with Gasteiger partial charge in [-0.25, -0.2) is 4.68 Å². The molecular formula is C30H45ClN8O2. The lowest BCUT2D eigenvalue weighted by Gasteiger charge is -2.47. The van der Waals surface area contributed by atoms with Crippen molar-refractivity contribution < 1.29 is 9.53 Å². The van der Waals surface area contributed by atoms with Crippen LogP contribution < -0.4 is 21.3 Å². The van der Waals surface area contributed by atoms with Crippen molar-refractivity contribution in [1.29, 1.82) is 0 Å². The second kappa shape index (κ2) is 12.4. The van der Waals surface area contributed by atoms with E-state index in [1.54, 1.807) is 19.5 Å². The molecule has 0 radical (unpaired) electrons. The van der Waals surface area contributed by atoms with E-state index in [-0.39, 0.29) is 22.6 Å². The van der Waals surface area contributed by atoms with Crippen molar-refractivity contribution in [2.24, 2.45) is 0 Å². The fourth-order valence-electron chi connectivity index (χ4n) is 7.38. The Morgan fingerprint density at radius 2 is 1.80 bits per heavy atom. The molecule has 11 heteroatoms. The van der Waals surface area contributed by atoms with Crippen molar-refractivity contribution in [1.82, 2.24) is 19.7 Å². The van der Waals surface area contributed by atoms with Gasteiger partial charge in [0.1, 0.15) is 11.4 Å². The van der Waals surface area contributed by atoms with Gasteiger partial charge in [-0.2, -0.15) is 5.10 Å². The molecule has 2 aromatic heterocycles. The first kappa shape index (κ1) is 28.6. The topological polar surface area (TPSA) is 114 Å². The summed E-state index contributed by atoms with van der Waals surface area (Å²) in [6.45, 7) is 4.49. The van der Waals surface area contributed by atoms with Gasteiger partial charge >= 0.3 is 0 Å². The molecule has 1 spiro atoms. The quantitative estimate of drug-likeness (QED) is 0.435. The van der Waals surface area contributed by atoms with Crippen molar-refractivity contribution in [2.45, 2.75) is 93.7 Å². The first-order valence-corrected chi connectivity index (χ1v) is 16.0. The summed E-state index contributed by atoms with van der Waals surface area (Å²) in [4.78, 5) is 23.1. The van der Waals surface area contributed by atoms with Gasteiger partial charge in [-0.3, -0.25) is 14.7 Å². The molecule has 41 heavy (non-hydrogen) atoms. The van der Waals surface area contributed by atoms with Gasteiger partial charge in [-0.05, 0) is 31.7 Å². The highest BCUT2D eigenvalue weighted by Crippen LogP contribution is 2.44. The van der Waals surface area contributed by atoms with Crippen LogP contribution in [-0.2, 0) is 10.3 Å². The third kappa shape index (κ3) is 5.62. The number of hydrogen-bond donors (Lipinski definition) is 3. The van der Waals surface area contributed by atoms with Gasteiger partial charge in [0.15, 0.2) is 5.82 Å². The number of halogens is 1. The Kier molecular flexibility index (Phi) is 8.60. The van der Waals surface area contributed by atoms with Crippen LogP contribution in [0, 0.1) is 0 Å². The monoisotopic (exact) mass is 584 g/mol. The van der Waals surface area contributed by atoms with E-state index in [0.717, 1.165) is 70.4 Å². The lowest BCUT2D eigenvalue weighted by molar-refractivity contribution is -0.0546. The van der Waals surface area contributed by atoms with Crippen LogP contribution in [0.15, 0.2) is 18.5 Å². The van der Waals surface area contributed by atoms with Crippen LogP contribution in [0.3, 0.4) is 0 Å². The number of ether oxygens (including phenoxy) is 1. The van der Waals surface area contributed by atoms with Crippen LogP contribution in [0.1, 0.15) is 81.0 Å². The largest absolute Gasteiger partial charge is 0.381 e. The SMILES string of the molecule is COC1CN(C2CCN(c3ccncc3NC(=O)c3c(N)nn4c3NCC(Cl)C43CCCCCCCCC3)CC2)C1. The van der Waals surface area contributed by atoms with Crippen molar-refractivity contribution in [2.75, 3.05) is 61.1 Å². The summed E-state index contributed by atoms with van der Waals surface area (Å²) < 4.78 is 7.43. The van der Waals surface area contributed by atoms with Gasteiger partial charge in [-0.15, -0.1) is 11.6 Å². The van der Waals surface area contributed by atoms with E-state index in [2.05, 4.69) is 25.4 Å². The van der Waals surface area contributed by atoms with Crippen LogP contribution in [-0.4, -0.2) is 82.9 Å². The number of carbonyl (C=O) groups excluding carboxylic acids is 1. The third-order valence-corrected chi connectivity index (χ3v) is 10.5. The Morgan fingerprint density at radius 3 is 2.49 bits per heavy atom. The molecule has 0 bridgehead atoms. The summed E-state index contributed by atoms with van der Waals surface area (Å²) in [6, 6.07) is 2.57. The third-order valence-electron chi connectivity index (χ3n) is 9.89. The highest BCUT2D eigenvalue weighted by atomic mass is 35.5. The summed E-state index contributed by atoms with van der Waals surface area (Å²) >= 11 is 7.05. The fourth-order valence-corrected chi connectivity index (χ4v) is 7.77. The minimum Gasteiger partial charge on any atom is -0.381 e. The van der Waals surface area contributed by atoms with Crippen LogP contribution in [0.4, 0.5) is 23.0 Å². The van der Waals surface area contributed by atoms with Gasteiger partial charge < -0.3 is 26.0 Å². The Morgan fingerprint density at radius 1 is 1.12 bits per heavy atom. The van der Waals surface area contributed by atoms with Crippen molar-refractivity contribution in [3.63, 3.8) is 0 Å². The fraction of sp³-hybridized carbons (Fsp3) is 0.700. The summed E-state index contributed by atoms with van der Waals surface area (Å²) in [5.74, 6) is 0.654. The molecule has 3 fully saturated rings. The molecule has 1 amide bonds. The minimum atomic E-state index is -0.338. The molecule has 3 aliphatic heterocycles. The molecule has 1 aliphatic carbocycles. The number of anilines is 4. The zero-order valence-corrected chi connectivity index (χ0v) is 25.0. The summed E-state index contributed by atoms with van der Waals surface area (Å²) in [5, 5.41) is 11.2. The number of methoxy groups -OCH3 is 1. The maximum Gasteiger partial charge on any atom is 0.263 e. The predicted octanol–water partition coefficient (Wildman–Crippen LogP) is 4.66. The van der Waals surface area contributed by atoms with Crippen molar-refractivity contribution in [3.05, 3.63) is 24.0 Å². The number of nitrogen functional groups attached to an aromatic ring is 1. The standard InChI is InChI=1S/C30H45ClN8O2/c1-41-22-19-38(20-22)21-10-15-37(16-11-21)24-9-14-33-17-23(24)35-29(40)26-27(32)36-39-28(26)34-18-25(31)30(39)12-7-5-3-2-4-6-8-13-30/h9,14,17,21-22,25,34H,2-8,10-13,15-16,18-20H2,1H3,(H2,32,36)(H,35,40). The van der Waals surface area contributed by atoms with Crippen LogP contribution in [0.25, 0.3) is 0 Å². The van der Waals surface area contributed by atoms with E-state index in [9.17, 15) is 4.79 Å². The second-order valence-corrected chi connectivity index (χ2v) is 12.9. The Balaban J connectivity index is 1.19. The zero-order valence-electron chi connectivity index (χ0n) is 24.3. The predicted molar refractivity (Wildman–Crippen MR) is 164 cm³/mol. The number of pyridine rings is 1. The molecule has 1 atom stereocenters. The van der Waals surface area contributed by atoms with Crippen LogP contribution in [0.5, 0.6) is 0 Å². The van der Waals surface area contributed by atoms with E-state index in [0.29, 0.717) is 35.8 Å². The lowest BCUT2D eigenvalue weighted by atomic mass is 9.81. The smallest absolute Gasteiger partial charge is 0.263 e. The van der Waals surface area contributed by atoms with E-state index in [1.165, 1.54) is 32.1 Å². The van der Waals surface area contributed by atoms with E-state index in [1.807, 2.05) is 10.7 Å². The number of nitrogens with zero attached hydrogens (tertiary/aromatic N) is 5. The molecule has 5 heterocycles. The Bertz CT molecular complexity index is 1200. The molecule has 0 aromatic carbocycles. The van der Waals surface area contributed by atoms with Gasteiger partial charge in [-0.1, -0.05) is 44.9 Å². The maximum atomic E-state index is 13.8. The van der Waals surface area contributed by atoms with Gasteiger partial charge in [0.25, 0.3) is 5.91 Å². The zero-order chi connectivity index (χ0) is 28.4. The normalized spacial score (nSPS) is 24.3. The lowest BCUT2D eigenvalue weighted by Crippen LogP contribution is -2.58. The molecular weight excluding hydrogens is 540 g/mol. The highest BCUT2D eigenvalue weighted by molar-refractivity contribution is 6.22. The number of nitrogens with two attached hydrogens (primary N) is 1. The molecule has 1 saturated carbocycles. The molecule has 4 N–H and O–H groups in total. The molecule has 6 rings (SSSR count). The molecule has 2 aromatic rings. The van der Waals surface area contributed by atoms with E-state index in [4.69, 9.17) is 27.2 Å². The number of fused-ring (bicyclic) bond motifs is 2. The minimum absolute atomic E-state index is 0.117. The Labute approximate surface area is 248 Å². The maximum absolute atomic E-state index is 13.8. The van der Waals surface area contributed by atoms with Gasteiger partial charge in [0, 0.05) is 52.1 Å². The number of hydrogen-bond acceptors (Lipinski definition) is 8. The first-order chi connectivity index (χ1) is 20.0. The molecule has 4 aliphatic rings. The molecule has 1 unspecified atom stereocenters. The van der Waals surface area contributed by atoms with Crippen LogP contribution >= 0.6 is 11.6 Å². The number of rotatable bonds is 5. The Hall–Kier alpha value is -2.56. The number of nitrogens with one attached hydrogen (secondary N) is 2. The average molecular weight is 585 g/mol. The molecule has 2 saturated heterocycles. The van der Waals surface area contributed by atoms with Gasteiger partial charge in [0.2, 0.25) is 0 Å². The second-order valence-electron chi connectivity index (χ2n) is 12.3. The van der Waals surface area contributed by atoms with E-state index < -0.39 is 0 Å². The van der Waals surface area contributed by atoms with E-state index >= 15 is 0 Å². The number of amides is 1. The summed E-state index contributed by atoms with van der Waals surface area (Å²) in [5.41, 5.74) is 8.22. The number of carbonyl (C=O) groups is 1. The number of aromatic nitrogens is 3. The van der Waals surface area contributed by atoms with Gasteiger partial charge in [0.05, 0.1) is 34.6 Å². The van der Waals surface area contributed by atoms with Crippen molar-refractivity contribution in [3.8, 4) is 0 Å². The van der Waals surface area contributed by atoms with Crippen LogP contribution in [0.2, 0.25) is 0 Å². The average Bonchev–Trinajstić information content (AvgIpc) is 3.31. The number of piperidine rings is 1. The molecule has 10 nitrogen and oxygen atoms in total. The number of alkyl halides is 1. The van der Waals surface area contributed by atoms with Crippen molar-refractivity contribution >= 4 is 40.5 Å². The molecule has 224 valence electrons.